The van der Waals surface area contributed by atoms with Gasteiger partial charge in [-0.25, -0.2) is 0 Å². The molecule has 0 amide bonds. The highest BCUT2D eigenvalue weighted by Gasteiger charge is 2.26. The first-order valence-electron chi connectivity index (χ1n) is 6.16. The third-order valence-electron chi connectivity index (χ3n) is 3.43. The van der Waals surface area contributed by atoms with Gasteiger partial charge >= 0.3 is 0 Å². The van der Waals surface area contributed by atoms with Crippen LogP contribution in [0.1, 0.15) is 25.8 Å². The lowest BCUT2D eigenvalue weighted by molar-refractivity contribution is 0.124. The molecule has 2 unspecified atom stereocenters. The maximum absolute atomic E-state index is 6.14. The van der Waals surface area contributed by atoms with E-state index in [1.165, 1.54) is 24.9 Å². The Balaban J connectivity index is 1.94. The van der Waals surface area contributed by atoms with Crippen LogP contribution in [-0.4, -0.2) is 30.1 Å². The molecule has 16 heavy (non-hydrogen) atoms. The number of nitrogens with two attached hydrogens (primary N) is 1. The quantitative estimate of drug-likeness (QED) is 0.876. The second-order valence-corrected chi connectivity index (χ2v) is 6.03. The van der Waals surface area contributed by atoms with Crippen molar-refractivity contribution < 1.29 is 0 Å². The van der Waals surface area contributed by atoms with Crippen molar-refractivity contribution in [1.82, 2.24) is 4.90 Å². The highest BCUT2D eigenvalue weighted by molar-refractivity contribution is 7.07. The molecule has 1 saturated heterocycles. The lowest BCUT2D eigenvalue weighted by atomic mass is 9.89. The molecule has 1 aromatic rings. The van der Waals surface area contributed by atoms with Crippen LogP contribution in [0, 0.1) is 5.92 Å². The second-order valence-electron chi connectivity index (χ2n) is 5.25. The van der Waals surface area contributed by atoms with Gasteiger partial charge in [-0.15, -0.1) is 0 Å². The van der Waals surface area contributed by atoms with E-state index in [1.807, 2.05) is 0 Å². The molecule has 2 N–H and O–H groups in total. The number of nitrogens with zero attached hydrogens (tertiary/aromatic N) is 1. The number of piperidine rings is 1. The molecule has 0 spiro atoms. The van der Waals surface area contributed by atoms with Crippen LogP contribution < -0.4 is 5.73 Å². The predicted molar refractivity (Wildman–Crippen MR) is 70.8 cm³/mol. The van der Waals surface area contributed by atoms with Crippen LogP contribution in [0.3, 0.4) is 0 Å². The van der Waals surface area contributed by atoms with Crippen molar-refractivity contribution in [1.29, 1.82) is 0 Å². The van der Waals surface area contributed by atoms with Crippen LogP contribution >= 0.6 is 11.3 Å². The zero-order valence-electron chi connectivity index (χ0n) is 10.2. The van der Waals surface area contributed by atoms with Crippen LogP contribution in [-0.2, 0) is 6.42 Å². The maximum atomic E-state index is 6.14. The third-order valence-corrected chi connectivity index (χ3v) is 4.16. The Hall–Kier alpha value is -0.380. The molecule has 2 atom stereocenters. The highest BCUT2D eigenvalue weighted by Crippen LogP contribution is 2.22. The molecule has 2 rings (SSSR count). The summed E-state index contributed by atoms with van der Waals surface area (Å²) >= 11 is 1.79. The minimum absolute atomic E-state index is 0.361. The summed E-state index contributed by atoms with van der Waals surface area (Å²) in [6.45, 7) is 6.80. The fraction of sp³-hybridized carbons (Fsp3) is 0.692. The molecular formula is C13H22N2S. The van der Waals surface area contributed by atoms with E-state index in [0.29, 0.717) is 12.1 Å². The van der Waals surface area contributed by atoms with E-state index in [4.69, 9.17) is 5.73 Å². The van der Waals surface area contributed by atoms with E-state index in [9.17, 15) is 0 Å². The molecule has 3 heteroatoms. The maximum Gasteiger partial charge on any atom is 0.0171 e. The molecule has 0 bridgehead atoms. The van der Waals surface area contributed by atoms with Crippen LogP contribution in [0.25, 0.3) is 0 Å². The van der Waals surface area contributed by atoms with Gasteiger partial charge in [0.25, 0.3) is 0 Å². The van der Waals surface area contributed by atoms with Crippen molar-refractivity contribution in [3.8, 4) is 0 Å². The number of hydrogen-bond acceptors (Lipinski definition) is 3. The standard InChI is InChI=1S/C13H22N2S/c1-10(2)15-7-12(6-13(14)8-15)5-11-3-4-16-9-11/h3-4,9-10,12-13H,5-8,14H2,1-2H3. The third kappa shape index (κ3) is 3.06. The van der Waals surface area contributed by atoms with Gasteiger partial charge in [-0.1, -0.05) is 0 Å². The summed E-state index contributed by atoms with van der Waals surface area (Å²) in [7, 11) is 0. The van der Waals surface area contributed by atoms with Crippen molar-refractivity contribution >= 4 is 11.3 Å². The van der Waals surface area contributed by atoms with Crippen LogP contribution in [0.5, 0.6) is 0 Å². The van der Waals surface area contributed by atoms with Gasteiger partial charge in [-0.2, -0.15) is 11.3 Å². The Kier molecular flexibility index (Phi) is 4.00. The fourth-order valence-corrected chi connectivity index (χ4v) is 3.28. The Morgan fingerprint density at radius 3 is 2.94 bits per heavy atom. The first-order valence-corrected chi connectivity index (χ1v) is 7.10. The highest BCUT2D eigenvalue weighted by atomic mass is 32.1. The minimum atomic E-state index is 0.361. The fourth-order valence-electron chi connectivity index (χ4n) is 2.60. The molecule has 0 saturated carbocycles. The molecule has 90 valence electrons. The summed E-state index contributed by atoms with van der Waals surface area (Å²) in [5.41, 5.74) is 7.62. The van der Waals surface area contributed by atoms with E-state index in [0.717, 1.165) is 12.5 Å². The monoisotopic (exact) mass is 238 g/mol. The molecular weight excluding hydrogens is 216 g/mol. The second kappa shape index (κ2) is 5.30. The lowest BCUT2D eigenvalue weighted by Crippen LogP contribution is -2.50. The van der Waals surface area contributed by atoms with E-state index >= 15 is 0 Å². The van der Waals surface area contributed by atoms with Gasteiger partial charge in [0, 0.05) is 25.2 Å². The number of thiophene rings is 1. The van der Waals surface area contributed by atoms with Gasteiger partial charge in [0.15, 0.2) is 0 Å². The smallest absolute Gasteiger partial charge is 0.0171 e. The van der Waals surface area contributed by atoms with Crippen molar-refractivity contribution in [3.05, 3.63) is 22.4 Å². The molecule has 2 nitrogen and oxygen atoms in total. The Morgan fingerprint density at radius 2 is 2.31 bits per heavy atom. The molecule has 1 fully saturated rings. The normalized spacial score (nSPS) is 27.5. The molecule has 0 aromatic carbocycles. The number of likely N-dealkylation sites (tertiary alicyclic amines) is 1. The SMILES string of the molecule is CC(C)N1CC(N)CC(Cc2ccsc2)C1. The van der Waals surface area contributed by atoms with E-state index in [-0.39, 0.29) is 0 Å². The summed E-state index contributed by atoms with van der Waals surface area (Å²) < 4.78 is 0. The molecule has 1 aromatic heterocycles. The molecule has 2 heterocycles. The van der Waals surface area contributed by atoms with E-state index in [2.05, 4.69) is 35.6 Å². The van der Waals surface area contributed by atoms with Crippen molar-refractivity contribution in [2.24, 2.45) is 11.7 Å². The van der Waals surface area contributed by atoms with Crippen LogP contribution in [0.15, 0.2) is 16.8 Å². The van der Waals surface area contributed by atoms with Gasteiger partial charge < -0.3 is 5.73 Å². The zero-order chi connectivity index (χ0) is 11.5. The molecule has 1 aliphatic heterocycles. The minimum Gasteiger partial charge on any atom is -0.327 e. The lowest BCUT2D eigenvalue weighted by Gasteiger charge is -2.38. The van der Waals surface area contributed by atoms with Crippen molar-refractivity contribution in [2.75, 3.05) is 13.1 Å². The average molecular weight is 238 g/mol. The first-order chi connectivity index (χ1) is 7.65. The van der Waals surface area contributed by atoms with Gasteiger partial charge in [-0.3, -0.25) is 4.90 Å². The molecule has 1 aliphatic rings. The van der Waals surface area contributed by atoms with Crippen molar-refractivity contribution in [3.63, 3.8) is 0 Å². The summed E-state index contributed by atoms with van der Waals surface area (Å²) in [6, 6.07) is 3.22. The summed E-state index contributed by atoms with van der Waals surface area (Å²) in [5, 5.41) is 4.43. The zero-order valence-corrected chi connectivity index (χ0v) is 11.0. The Labute approximate surface area is 102 Å². The van der Waals surface area contributed by atoms with Crippen LogP contribution in [0.2, 0.25) is 0 Å². The topological polar surface area (TPSA) is 29.3 Å². The van der Waals surface area contributed by atoms with E-state index in [1.54, 1.807) is 11.3 Å². The Bertz CT molecular complexity index is 308. The van der Waals surface area contributed by atoms with Gasteiger partial charge in [-0.05, 0) is 55.0 Å². The average Bonchev–Trinajstić information content (AvgIpc) is 2.69. The summed E-state index contributed by atoms with van der Waals surface area (Å²) in [4.78, 5) is 2.52. The molecule has 0 aliphatic carbocycles. The number of rotatable bonds is 3. The van der Waals surface area contributed by atoms with Gasteiger partial charge in [0.2, 0.25) is 0 Å². The first kappa shape index (κ1) is 12.1. The predicted octanol–water partition coefficient (Wildman–Crippen LogP) is 2.35. The van der Waals surface area contributed by atoms with E-state index < -0.39 is 0 Å². The molecule has 0 radical (unpaired) electrons. The summed E-state index contributed by atoms with van der Waals surface area (Å²) in [5.74, 6) is 0.737. The largest absolute Gasteiger partial charge is 0.327 e. The van der Waals surface area contributed by atoms with Crippen LogP contribution in [0.4, 0.5) is 0 Å². The number of hydrogen-bond donors (Lipinski definition) is 1. The van der Waals surface area contributed by atoms with Crippen molar-refractivity contribution in [2.45, 2.75) is 38.8 Å². The summed E-state index contributed by atoms with van der Waals surface area (Å²) in [6.07, 6.45) is 2.37. The van der Waals surface area contributed by atoms with Gasteiger partial charge in [0.05, 0.1) is 0 Å². The Morgan fingerprint density at radius 1 is 1.50 bits per heavy atom. The van der Waals surface area contributed by atoms with Gasteiger partial charge in [0.1, 0.15) is 0 Å².